The van der Waals surface area contributed by atoms with Gasteiger partial charge in [0.1, 0.15) is 11.5 Å². The van der Waals surface area contributed by atoms with Gasteiger partial charge in [-0.15, -0.1) is 0 Å². The van der Waals surface area contributed by atoms with Crippen LogP contribution >= 0.6 is 0 Å². The zero-order chi connectivity index (χ0) is 35.6. The quantitative estimate of drug-likeness (QED) is 0.180. The van der Waals surface area contributed by atoms with Crippen molar-refractivity contribution >= 4 is 38.4 Å². The first kappa shape index (κ1) is 30.6. The fourth-order valence-corrected chi connectivity index (χ4v) is 8.64. The van der Waals surface area contributed by atoms with Crippen LogP contribution < -0.4 is 4.74 Å². The lowest BCUT2D eigenvalue weighted by Gasteiger charge is -2.21. The predicted octanol–water partition coefficient (Wildman–Crippen LogP) is 13.3. The number of hydrogen-bond donors (Lipinski definition) is 0. The molecule has 1 unspecified atom stereocenters. The Bertz CT molecular complexity index is 2880. The molecular weight excluding hydrogens is 657 g/mol. The highest BCUT2D eigenvalue weighted by molar-refractivity contribution is 6.13. The van der Waals surface area contributed by atoms with Crippen molar-refractivity contribution in [2.24, 2.45) is 0 Å². The Hall–Kier alpha value is -6.97. The fraction of sp³-hybridized carbons (Fsp3) is 0.0392. The molecule has 1 atom stereocenters. The molecule has 0 saturated carbocycles. The van der Waals surface area contributed by atoms with Crippen molar-refractivity contribution < 1.29 is 4.74 Å². The molecular formula is C51H34N2O. The van der Waals surface area contributed by atoms with E-state index < -0.39 is 0 Å². The predicted molar refractivity (Wildman–Crippen MR) is 223 cm³/mol. The molecule has 3 heterocycles. The van der Waals surface area contributed by atoms with Crippen LogP contribution in [-0.4, -0.2) is 9.55 Å². The second-order valence-corrected chi connectivity index (χ2v) is 14.2. The Morgan fingerprint density at radius 3 is 1.78 bits per heavy atom. The zero-order valence-corrected chi connectivity index (χ0v) is 29.5. The minimum atomic E-state index is 0.0722. The first-order chi connectivity index (χ1) is 26.8. The summed E-state index contributed by atoms with van der Waals surface area (Å²) in [5.41, 5.74) is 14.9. The number of hydrogen-bond acceptors (Lipinski definition) is 2. The molecule has 3 heteroatoms. The summed E-state index contributed by atoms with van der Waals surface area (Å²) in [6.07, 6.45) is 5.46. The lowest BCUT2D eigenvalue weighted by Crippen LogP contribution is -2.10. The van der Waals surface area contributed by atoms with E-state index in [2.05, 4.69) is 193 Å². The van der Waals surface area contributed by atoms with Gasteiger partial charge in [0.05, 0.1) is 33.9 Å². The Kier molecular flexibility index (Phi) is 6.99. The number of nitrogens with zero attached hydrogens (tertiary/aromatic N) is 2. The van der Waals surface area contributed by atoms with Gasteiger partial charge in [0.25, 0.3) is 0 Å². The van der Waals surface area contributed by atoms with E-state index in [1.165, 1.54) is 49.7 Å². The van der Waals surface area contributed by atoms with Crippen molar-refractivity contribution in [2.75, 3.05) is 0 Å². The summed E-state index contributed by atoms with van der Waals surface area (Å²) >= 11 is 0. The molecule has 2 aliphatic rings. The van der Waals surface area contributed by atoms with Crippen molar-refractivity contribution in [3.05, 3.63) is 199 Å². The average molecular weight is 691 g/mol. The summed E-state index contributed by atoms with van der Waals surface area (Å²) in [5, 5.41) is 3.58. The van der Waals surface area contributed by atoms with Crippen LogP contribution in [-0.2, 0) is 0 Å². The summed E-state index contributed by atoms with van der Waals surface area (Å²) in [7, 11) is 0. The van der Waals surface area contributed by atoms with Gasteiger partial charge in [0.15, 0.2) is 0 Å². The van der Waals surface area contributed by atoms with Gasteiger partial charge in [-0.3, -0.25) is 0 Å². The first-order valence-electron chi connectivity index (χ1n) is 18.6. The molecule has 3 nitrogen and oxygen atoms in total. The number of rotatable bonds is 5. The van der Waals surface area contributed by atoms with Crippen LogP contribution in [0, 0.1) is 0 Å². The third kappa shape index (κ3) is 4.86. The maximum absolute atomic E-state index is 7.01. The average Bonchev–Trinajstić information content (AvgIpc) is 3.80. The fourth-order valence-electron chi connectivity index (χ4n) is 8.64. The van der Waals surface area contributed by atoms with Gasteiger partial charge in [-0.25, -0.2) is 4.98 Å². The molecule has 1 aliphatic heterocycles. The summed E-state index contributed by atoms with van der Waals surface area (Å²) < 4.78 is 9.44. The van der Waals surface area contributed by atoms with Crippen LogP contribution in [0.4, 0.5) is 0 Å². The van der Waals surface area contributed by atoms with E-state index in [1.807, 2.05) is 0 Å². The van der Waals surface area contributed by atoms with E-state index >= 15 is 0 Å². The van der Waals surface area contributed by atoms with Crippen LogP contribution in [0.5, 0.6) is 5.75 Å². The van der Waals surface area contributed by atoms with E-state index in [0.29, 0.717) is 0 Å². The lowest BCUT2D eigenvalue weighted by molar-refractivity contribution is 0.426. The minimum Gasteiger partial charge on any atom is -0.459 e. The Morgan fingerprint density at radius 2 is 1.11 bits per heavy atom. The first-order valence-corrected chi connectivity index (χ1v) is 18.6. The van der Waals surface area contributed by atoms with Crippen molar-refractivity contribution in [1.82, 2.24) is 9.55 Å². The Labute approximate surface area is 313 Å². The van der Waals surface area contributed by atoms with E-state index in [1.54, 1.807) is 0 Å². The van der Waals surface area contributed by atoms with Gasteiger partial charge < -0.3 is 9.30 Å². The molecule has 11 rings (SSSR count). The molecule has 0 amide bonds. The summed E-state index contributed by atoms with van der Waals surface area (Å²) in [6.45, 7) is 0. The highest BCUT2D eigenvalue weighted by Crippen LogP contribution is 2.52. The van der Waals surface area contributed by atoms with Crippen LogP contribution in [0.15, 0.2) is 194 Å². The van der Waals surface area contributed by atoms with Crippen LogP contribution in [0.25, 0.3) is 83.0 Å². The minimum absolute atomic E-state index is 0.0722. The molecule has 0 N–H and O–H groups in total. The van der Waals surface area contributed by atoms with Crippen molar-refractivity contribution in [3.8, 4) is 50.4 Å². The summed E-state index contributed by atoms with van der Waals surface area (Å²) in [4.78, 5) is 5.11. The lowest BCUT2D eigenvalue weighted by atomic mass is 9.85. The molecule has 9 aromatic rings. The van der Waals surface area contributed by atoms with Crippen LogP contribution in [0.3, 0.4) is 0 Å². The van der Waals surface area contributed by atoms with Gasteiger partial charge in [0.2, 0.25) is 0 Å². The number of fused-ring (bicyclic) bond motifs is 7. The van der Waals surface area contributed by atoms with Crippen LogP contribution in [0.1, 0.15) is 17.9 Å². The Balaban J connectivity index is 1.12. The van der Waals surface area contributed by atoms with Gasteiger partial charge in [-0.1, -0.05) is 140 Å². The molecule has 0 fully saturated rings. The number of aromatic nitrogens is 2. The molecule has 7 aromatic carbocycles. The molecule has 0 saturated heterocycles. The van der Waals surface area contributed by atoms with E-state index in [-0.39, 0.29) is 5.92 Å². The monoisotopic (exact) mass is 690 g/mol. The molecule has 0 radical (unpaired) electrons. The molecule has 54 heavy (non-hydrogen) atoms. The maximum atomic E-state index is 7.01. The second kappa shape index (κ2) is 12.3. The van der Waals surface area contributed by atoms with Gasteiger partial charge in [0, 0.05) is 27.3 Å². The topological polar surface area (TPSA) is 27.1 Å². The molecule has 0 spiro atoms. The van der Waals surface area contributed by atoms with E-state index in [0.717, 1.165) is 56.8 Å². The number of ether oxygens (including phenoxy) is 1. The smallest absolute Gasteiger partial charge is 0.136 e. The molecule has 0 bridgehead atoms. The molecule has 1 aliphatic carbocycles. The molecule has 2 aromatic heterocycles. The van der Waals surface area contributed by atoms with Gasteiger partial charge in [-0.05, 0) is 88.3 Å². The van der Waals surface area contributed by atoms with Gasteiger partial charge >= 0.3 is 0 Å². The van der Waals surface area contributed by atoms with Crippen molar-refractivity contribution in [3.63, 3.8) is 0 Å². The zero-order valence-electron chi connectivity index (χ0n) is 29.5. The molecule has 254 valence electrons. The normalized spacial score (nSPS) is 14.8. The van der Waals surface area contributed by atoms with E-state index in [4.69, 9.17) is 9.72 Å². The van der Waals surface area contributed by atoms with Crippen molar-refractivity contribution in [2.45, 2.75) is 12.3 Å². The largest absolute Gasteiger partial charge is 0.459 e. The highest BCUT2D eigenvalue weighted by Gasteiger charge is 2.36. The number of para-hydroxylation sites is 1. The van der Waals surface area contributed by atoms with Crippen molar-refractivity contribution in [1.29, 1.82) is 0 Å². The van der Waals surface area contributed by atoms with Gasteiger partial charge in [-0.2, -0.15) is 0 Å². The maximum Gasteiger partial charge on any atom is 0.136 e. The van der Waals surface area contributed by atoms with E-state index in [9.17, 15) is 0 Å². The second-order valence-electron chi connectivity index (χ2n) is 14.2. The summed E-state index contributed by atoms with van der Waals surface area (Å²) in [6, 6.07) is 62.8. The third-order valence-electron chi connectivity index (χ3n) is 11.1. The highest BCUT2D eigenvalue weighted by atomic mass is 16.5. The number of benzene rings is 7. The van der Waals surface area contributed by atoms with Crippen LogP contribution in [0.2, 0.25) is 0 Å². The standard InChI is InChI=1S/C51H34N2O/c1-4-14-33(15-5-1)36-26-28-46-42(30-36)43-31-37(34-16-6-2-7-17-34)27-29-47(43)53(46)48-24-12-22-40-50-39(21-13-25-49(50)54-51(40)48)41-32-45(35-18-8-3-9-19-35)52-44-23-11-10-20-38(41)44/h1-21,23-32,40H,22H2. The summed E-state index contributed by atoms with van der Waals surface area (Å²) in [5.74, 6) is 2.00. The number of pyridine rings is 1. The number of allylic oxidation sites excluding steroid dienone is 4. The SMILES string of the molecule is C1=CC(n2c3ccc(-c4ccccc4)cc3c3cc(-c4ccccc4)ccc32)=C2Oc3cccc(-c4cc(-c5ccccc5)nc5ccccc45)c3C2C1. The third-order valence-corrected chi connectivity index (χ3v) is 11.1. The Morgan fingerprint density at radius 1 is 0.500 bits per heavy atom.